The van der Waals surface area contributed by atoms with Crippen LogP contribution >= 0.6 is 34.8 Å². The lowest BCUT2D eigenvalue weighted by Crippen LogP contribution is -1.98. The van der Waals surface area contributed by atoms with Crippen LogP contribution in [0.1, 0.15) is 24.6 Å². The molecule has 2 rings (SSSR count). The number of hydrogen-bond donors (Lipinski definition) is 0. The van der Waals surface area contributed by atoms with E-state index >= 15 is 0 Å². The minimum Gasteiger partial charge on any atom is -0.219 e. The Balaban J connectivity index is 2.60. The fraction of sp³-hybridized carbons (Fsp3) is 0.231. The van der Waals surface area contributed by atoms with Gasteiger partial charge in [-0.2, -0.15) is 10.4 Å². The van der Waals surface area contributed by atoms with Gasteiger partial charge in [0.1, 0.15) is 11.6 Å². The maximum atomic E-state index is 9.16. The van der Waals surface area contributed by atoms with E-state index in [-0.39, 0.29) is 5.15 Å². The SMILES string of the molecule is CCCc1nn(-c2ccc(Cl)cc2Cl)c(Cl)c1C#N. The van der Waals surface area contributed by atoms with Gasteiger partial charge < -0.3 is 0 Å². The number of halogens is 3. The van der Waals surface area contributed by atoms with Gasteiger partial charge in [-0.05, 0) is 24.6 Å². The van der Waals surface area contributed by atoms with E-state index in [0.29, 0.717) is 33.4 Å². The summed E-state index contributed by atoms with van der Waals surface area (Å²) in [4.78, 5) is 0. The molecule has 3 nitrogen and oxygen atoms in total. The van der Waals surface area contributed by atoms with Gasteiger partial charge in [0.05, 0.1) is 16.4 Å². The molecule has 0 aliphatic carbocycles. The molecule has 6 heteroatoms. The molecule has 0 atom stereocenters. The molecule has 1 aromatic carbocycles. The van der Waals surface area contributed by atoms with E-state index in [2.05, 4.69) is 11.2 Å². The molecule has 0 spiro atoms. The van der Waals surface area contributed by atoms with Gasteiger partial charge >= 0.3 is 0 Å². The van der Waals surface area contributed by atoms with E-state index < -0.39 is 0 Å². The third-order valence-corrected chi connectivity index (χ3v) is 3.52. The van der Waals surface area contributed by atoms with Crippen LogP contribution in [0.4, 0.5) is 0 Å². The van der Waals surface area contributed by atoms with Crippen molar-refractivity contribution >= 4 is 34.8 Å². The molecule has 0 fully saturated rings. The van der Waals surface area contributed by atoms with Crippen molar-refractivity contribution in [3.8, 4) is 11.8 Å². The van der Waals surface area contributed by atoms with Crippen LogP contribution in [0.5, 0.6) is 0 Å². The molecular formula is C13H10Cl3N3. The summed E-state index contributed by atoms with van der Waals surface area (Å²) >= 11 is 18.2. The first-order chi connectivity index (χ1) is 9.08. The molecule has 0 amide bonds. The van der Waals surface area contributed by atoms with Gasteiger partial charge in [0, 0.05) is 5.02 Å². The Hall–Kier alpha value is -1.21. The minimum absolute atomic E-state index is 0.273. The van der Waals surface area contributed by atoms with Gasteiger partial charge in [-0.3, -0.25) is 0 Å². The van der Waals surface area contributed by atoms with Crippen LogP contribution in [0.3, 0.4) is 0 Å². The Morgan fingerprint density at radius 1 is 1.32 bits per heavy atom. The zero-order chi connectivity index (χ0) is 14.0. The molecule has 0 saturated carbocycles. The van der Waals surface area contributed by atoms with Crippen molar-refractivity contribution in [3.63, 3.8) is 0 Å². The Morgan fingerprint density at radius 2 is 2.05 bits per heavy atom. The fourth-order valence-corrected chi connectivity index (χ4v) is 2.54. The summed E-state index contributed by atoms with van der Waals surface area (Å²) in [5, 5.41) is 14.8. The topological polar surface area (TPSA) is 41.6 Å². The van der Waals surface area contributed by atoms with E-state index in [0.717, 1.165) is 6.42 Å². The van der Waals surface area contributed by atoms with Crippen LogP contribution in [0.25, 0.3) is 5.69 Å². The molecule has 2 aromatic rings. The van der Waals surface area contributed by atoms with Gasteiger partial charge in [0.25, 0.3) is 0 Å². The number of hydrogen-bond acceptors (Lipinski definition) is 2. The van der Waals surface area contributed by atoms with Crippen molar-refractivity contribution in [2.45, 2.75) is 19.8 Å². The van der Waals surface area contributed by atoms with Crippen LogP contribution in [0.15, 0.2) is 18.2 Å². The number of nitrogens with zero attached hydrogens (tertiary/aromatic N) is 3. The highest BCUT2D eigenvalue weighted by Gasteiger charge is 2.18. The molecule has 0 saturated heterocycles. The molecule has 0 aliphatic heterocycles. The van der Waals surface area contributed by atoms with E-state index in [9.17, 15) is 0 Å². The summed E-state index contributed by atoms with van der Waals surface area (Å²) in [5.74, 6) is 0. The Morgan fingerprint density at radius 3 is 2.63 bits per heavy atom. The van der Waals surface area contributed by atoms with Crippen LogP contribution in [0.2, 0.25) is 15.2 Å². The van der Waals surface area contributed by atoms with E-state index in [1.54, 1.807) is 18.2 Å². The quantitative estimate of drug-likeness (QED) is 0.827. The summed E-state index contributed by atoms with van der Waals surface area (Å²) in [5.41, 5.74) is 1.69. The van der Waals surface area contributed by atoms with Gasteiger partial charge in [-0.25, -0.2) is 4.68 Å². The Labute approximate surface area is 126 Å². The second-order valence-corrected chi connectivity index (χ2v) is 5.18. The molecule has 0 radical (unpaired) electrons. The van der Waals surface area contributed by atoms with Crippen LogP contribution in [0, 0.1) is 11.3 Å². The van der Waals surface area contributed by atoms with Crippen molar-refractivity contribution in [2.24, 2.45) is 0 Å². The molecule has 19 heavy (non-hydrogen) atoms. The largest absolute Gasteiger partial charge is 0.219 e. The van der Waals surface area contributed by atoms with Gasteiger partial charge in [0.2, 0.25) is 0 Å². The predicted molar refractivity (Wildman–Crippen MR) is 77.3 cm³/mol. The lowest BCUT2D eigenvalue weighted by Gasteiger charge is -2.05. The molecule has 0 N–H and O–H groups in total. The smallest absolute Gasteiger partial charge is 0.151 e. The van der Waals surface area contributed by atoms with Crippen LogP contribution < -0.4 is 0 Å². The minimum atomic E-state index is 0.273. The Kier molecular flexibility index (Phi) is 4.36. The van der Waals surface area contributed by atoms with Gasteiger partial charge in [-0.1, -0.05) is 48.1 Å². The van der Waals surface area contributed by atoms with Crippen molar-refractivity contribution in [2.75, 3.05) is 0 Å². The van der Waals surface area contributed by atoms with E-state index in [4.69, 9.17) is 40.1 Å². The fourth-order valence-electron chi connectivity index (χ4n) is 1.77. The van der Waals surface area contributed by atoms with Crippen molar-refractivity contribution in [3.05, 3.63) is 44.7 Å². The maximum absolute atomic E-state index is 9.16. The van der Waals surface area contributed by atoms with Crippen LogP contribution in [-0.4, -0.2) is 9.78 Å². The van der Waals surface area contributed by atoms with Crippen molar-refractivity contribution in [1.82, 2.24) is 9.78 Å². The third-order valence-electron chi connectivity index (χ3n) is 2.64. The lowest BCUT2D eigenvalue weighted by molar-refractivity contribution is 0.807. The second-order valence-electron chi connectivity index (χ2n) is 3.98. The van der Waals surface area contributed by atoms with Gasteiger partial charge in [-0.15, -0.1) is 0 Å². The van der Waals surface area contributed by atoms with Crippen molar-refractivity contribution < 1.29 is 0 Å². The summed E-state index contributed by atoms with van der Waals surface area (Å²) < 4.78 is 1.48. The lowest BCUT2D eigenvalue weighted by atomic mass is 10.2. The number of rotatable bonds is 3. The second kappa shape index (κ2) is 5.83. The first-order valence-electron chi connectivity index (χ1n) is 5.71. The molecule has 98 valence electrons. The van der Waals surface area contributed by atoms with Crippen molar-refractivity contribution in [1.29, 1.82) is 5.26 Å². The maximum Gasteiger partial charge on any atom is 0.151 e. The van der Waals surface area contributed by atoms with Crippen LogP contribution in [-0.2, 0) is 6.42 Å². The molecule has 0 bridgehead atoms. The molecular weight excluding hydrogens is 305 g/mol. The standard InChI is InChI=1S/C13H10Cl3N3/c1-2-3-11-9(7-17)13(16)19(18-11)12-5-4-8(14)6-10(12)15/h4-6H,2-3H2,1H3. The number of nitriles is 1. The first kappa shape index (κ1) is 14.2. The molecule has 1 aromatic heterocycles. The predicted octanol–water partition coefficient (Wildman–Crippen LogP) is 4.66. The number of aryl methyl sites for hydroxylation is 1. The van der Waals surface area contributed by atoms with Gasteiger partial charge in [0.15, 0.2) is 5.15 Å². The number of benzene rings is 1. The first-order valence-corrected chi connectivity index (χ1v) is 6.84. The average Bonchev–Trinajstić information content (AvgIpc) is 2.66. The normalized spacial score (nSPS) is 10.5. The molecule has 1 heterocycles. The monoisotopic (exact) mass is 313 g/mol. The highest BCUT2D eigenvalue weighted by Crippen LogP contribution is 2.29. The highest BCUT2D eigenvalue weighted by atomic mass is 35.5. The third kappa shape index (κ3) is 2.71. The average molecular weight is 315 g/mol. The zero-order valence-electron chi connectivity index (χ0n) is 10.1. The molecule has 0 aliphatic rings. The summed E-state index contributed by atoms with van der Waals surface area (Å²) in [7, 11) is 0. The van der Waals surface area contributed by atoms with E-state index in [1.807, 2.05) is 6.92 Å². The zero-order valence-corrected chi connectivity index (χ0v) is 12.4. The summed E-state index contributed by atoms with van der Waals surface area (Å²) in [6, 6.07) is 7.12. The Bertz CT molecular complexity index is 656. The highest BCUT2D eigenvalue weighted by molar-refractivity contribution is 6.36. The summed E-state index contributed by atoms with van der Waals surface area (Å²) in [6.07, 6.45) is 1.58. The summed E-state index contributed by atoms with van der Waals surface area (Å²) in [6.45, 7) is 2.02. The van der Waals surface area contributed by atoms with E-state index in [1.165, 1.54) is 4.68 Å². The molecule has 0 unspecified atom stereocenters. The number of aromatic nitrogens is 2.